The van der Waals surface area contributed by atoms with Crippen LogP contribution in [0.1, 0.15) is 328 Å². The third kappa shape index (κ3) is 48.6. The zero-order valence-corrected chi connectivity index (χ0v) is 41.8. The van der Waals surface area contributed by atoms with Crippen LogP contribution in [0.3, 0.4) is 0 Å². The second-order valence-corrected chi connectivity index (χ2v) is 19.9. The highest BCUT2D eigenvalue weighted by Gasteiger charge is 2.21. The number of rotatable bonds is 53. The number of hydrogen-bond donors (Lipinski definition) is 4. The van der Waals surface area contributed by atoms with Gasteiger partial charge in [0.1, 0.15) is 0 Å². The Bertz CT molecular complexity index is 822. The van der Waals surface area contributed by atoms with E-state index < -0.39 is 18.2 Å². The second-order valence-electron chi connectivity index (χ2n) is 19.9. The maximum absolute atomic E-state index is 12.5. The van der Waals surface area contributed by atoms with E-state index in [2.05, 4.69) is 19.2 Å². The van der Waals surface area contributed by atoms with E-state index in [1.807, 2.05) is 0 Å². The first kappa shape index (κ1) is 60.4. The van der Waals surface area contributed by atoms with Crippen LogP contribution in [0.2, 0.25) is 0 Å². The average molecular weight is 865 g/mol. The minimum atomic E-state index is -0.745. The molecule has 0 radical (unpaired) electrons. The van der Waals surface area contributed by atoms with Crippen LogP contribution in [-0.2, 0) is 4.79 Å². The molecule has 0 aromatic carbocycles. The van der Waals surface area contributed by atoms with Gasteiger partial charge in [-0.15, -0.1) is 0 Å². The van der Waals surface area contributed by atoms with Gasteiger partial charge in [-0.1, -0.05) is 309 Å². The predicted molar refractivity (Wildman–Crippen MR) is 269 cm³/mol. The third-order valence-corrected chi connectivity index (χ3v) is 13.7. The second kappa shape index (κ2) is 52.0. The molecule has 0 saturated heterocycles. The van der Waals surface area contributed by atoms with Gasteiger partial charge < -0.3 is 20.6 Å². The predicted octanol–water partition coefficient (Wildman–Crippen LogP) is 17.3. The molecule has 0 aromatic heterocycles. The van der Waals surface area contributed by atoms with E-state index in [-0.39, 0.29) is 18.9 Å². The summed E-state index contributed by atoms with van der Waals surface area (Å²) in [5.41, 5.74) is 0. The van der Waals surface area contributed by atoms with E-state index in [4.69, 9.17) is 0 Å². The topological polar surface area (TPSA) is 89.8 Å². The van der Waals surface area contributed by atoms with Gasteiger partial charge in [0.25, 0.3) is 0 Å². The van der Waals surface area contributed by atoms with E-state index in [0.717, 1.165) is 25.7 Å². The fourth-order valence-electron chi connectivity index (χ4n) is 9.35. The van der Waals surface area contributed by atoms with Crippen molar-refractivity contribution >= 4 is 5.91 Å². The molecular formula is C56H113NO4. The molecule has 5 nitrogen and oxygen atoms in total. The molecule has 3 atom stereocenters. The molecule has 0 rings (SSSR count). The first-order valence-electron chi connectivity index (χ1n) is 28.3. The van der Waals surface area contributed by atoms with Crippen molar-refractivity contribution in [1.82, 2.24) is 5.32 Å². The van der Waals surface area contributed by atoms with Crippen molar-refractivity contribution in [2.75, 3.05) is 6.61 Å². The quantitative estimate of drug-likeness (QED) is 0.0459. The summed E-state index contributed by atoms with van der Waals surface area (Å²) >= 11 is 0. The van der Waals surface area contributed by atoms with E-state index in [1.165, 1.54) is 270 Å². The zero-order chi connectivity index (χ0) is 44.4. The van der Waals surface area contributed by atoms with E-state index in [9.17, 15) is 20.1 Å². The van der Waals surface area contributed by atoms with Gasteiger partial charge in [0.2, 0.25) is 5.91 Å². The lowest BCUT2D eigenvalue weighted by atomic mass is 10.0. The lowest BCUT2D eigenvalue weighted by Gasteiger charge is -2.23. The van der Waals surface area contributed by atoms with Gasteiger partial charge in [-0.25, -0.2) is 0 Å². The minimum absolute atomic E-state index is 0.0436. The molecule has 61 heavy (non-hydrogen) atoms. The largest absolute Gasteiger partial charge is 0.394 e. The number of amides is 1. The number of carbonyl (C=O) groups excluding carboxylic acids is 1. The molecule has 1 amide bonds. The third-order valence-electron chi connectivity index (χ3n) is 13.7. The Morgan fingerprint density at radius 3 is 0.787 bits per heavy atom. The summed E-state index contributed by atoms with van der Waals surface area (Å²) in [6.07, 6.45) is 62.6. The van der Waals surface area contributed by atoms with Crippen molar-refractivity contribution in [3.63, 3.8) is 0 Å². The van der Waals surface area contributed by atoms with Gasteiger partial charge >= 0.3 is 0 Å². The van der Waals surface area contributed by atoms with Crippen LogP contribution in [-0.4, -0.2) is 46.1 Å². The molecule has 0 bridgehead atoms. The molecule has 0 spiro atoms. The molecule has 4 N–H and O–H groups in total. The Labute approximate surface area is 383 Å². The van der Waals surface area contributed by atoms with Gasteiger partial charge in [-0.3, -0.25) is 4.79 Å². The highest BCUT2D eigenvalue weighted by Crippen LogP contribution is 2.19. The number of hydrogen-bond acceptors (Lipinski definition) is 4. The van der Waals surface area contributed by atoms with Crippen LogP contribution in [0.5, 0.6) is 0 Å². The van der Waals surface area contributed by atoms with Crippen LogP contribution in [0.4, 0.5) is 0 Å². The van der Waals surface area contributed by atoms with Gasteiger partial charge in [0.15, 0.2) is 0 Å². The summed E-state index contributed by atoms with van der Waals surface area (Å²) < 4.78 is 0. The van der Waals surface area contributed by atoms with Crippen molar-refractivity contribution in [2.24, 2.45) is 0 Å². The lowest BCUT2D eigenvalue weighted by molar-refractivity contribution is -0.125. The monoisotopic (exact) mass is 864 g/mol. The average Bonchev–Trinajstić information content (AvgIpc) is 3.25. The Balaban J connectivity index is 3.48. The molecule has 0 aromatic rings. The molecule has 0 aliphatic carbocycles. The molecule has 366 valence electrons. The number of carbonyl (C=O) groups is 1. The first-order chi connectivity index (χ1) is 30.0. The van der Waals surface area contributed by atoms with E-state index in [0.29, 0.717) is 12.8 Å². The number of nitrogens with one attached hydrogen (secondary N) is 1. The molecule has 0 fully saturated rings. The molecule has 3 unspecified atom stereocenters. The van der Waals surface area contributed by atoms with Crippen molar-refractivity contribution in [1.29, 1.82) is 0 Å². The Hall–Kier alpha value is -0.650. The highest BCUT2D eigenvalue weighted by atomic mass is 16.3. The van der Waals surface area contributed by atoms with Crippen molar-refractivity contribution in [3.8, 4) is 0 Å². The van der Waals surface area contributed by atoms with Crippen LogP contribution < -0.4 is 5.32 Å². The van der Waals surface area contributed by atoms with Crippen LogP contribution >= 0.6 is 0 Å². The van der Waals surface area contributed by atoms with Gasteiger partial charge in [0, 0.05) is 0 Å². The molecule has 0 aliphatic rings. The summed E-state index contributed by atoms with van der Waals surface area (Å²) in [6.45, 7) is 4.31. The summed E-state index contributed by atoms with van der Waals surface area (Å²) in [7, 11) is 0. The number of aliphatic hydroxyl groups is 3. The maximum Gasteiger partial charge on any atom is 0.222 e. The summed E-state index contributed by atoms with van der Waals surface area (Å²) in [5.74, 6) is -0.274. The first-order valence-corrected chi connectivity index (χ1v) is 28.3. The highest BCUT2D eigenvalue weighted by molar-refractivity contribution is 5.76. The fourth-order valence-corrected chi connectivity index (χ4v) is 9.35. The number of unbranched alkanes of at least 4 members (excludes halogenated alkanes) is 44. The van der Waals surface area contributed by atoms with Crippen LogP contribution in [0, 0.1) is 0 Å². The Morgan fingerprint density at radius 2 is 0.557 bits per heavy atom. The van der Waals surface area contributed by atoms with Gasteiger partial charge in [-0.05, 0) is 12.8 Å². The molecular weight excluding hydrogens is 751 g/mol. The van der Waals surface area contributed by atoms with Crippen molar-refractivity contribution in [3.05, 3.63) is 0 Å². The van der Waals surface area contributed by atoms with Crippen molar-refractivity contribution in [2.45, 2.75) is 347 Å². The van der Waals surface area contributed by atoms with Gasteiger partial charge in [-0.2, -0.15) is 0 Å². The smallest absolute Gasteiger partial charge is 0.222 e. The normalized spacial score (nSPS) is 13.2. The van der Waals surface area contributed by atoms with E-state index in [1.54, 1.807) is 0 Å². The summed E-state index contributed by atoms with van der Waals surface area (Å²) in [5, 5.41) is 33.6. The standard InChI is InChI=1S/C56H113NO4/c1-3-5-7-9-11-13-15-17-19-21-23-25-26-27-28-29-30-31-33-35-37-39-41-43-45-47-49-53(59)51-56(61)57-54(52-58)55(60)50-48-46-44-42-40-38-36-34-32-24-22-20-18-16-14-12-10-8-6-4-2/h53-55,58-60H,3-52H2,1-2H3,(H,57,61). The minimum Gasteiger partial charge on any atom is -0.394 e. The zero-order valence-electron chi connectivity index (χ0n) is 41.8. The SMILES string of the molecule is CCCCCCCCCCCCCCCCCCCCCCCCCCCCC(O)CC(=O)NC(CO)C(O)CCCCCCCCCCCCCCCCCCCCCC. The van der Waals surface area contributed by atoms with E-state index >= 15 is 0 Å². The van der Waals surface area contributed by atoms with Crippen LogP contribution in [0.25, 0.3) is 0 Å². The number of aliphatic hydroxyl groups excluding tert-OH is 3. The maximum atomic E-state index is 12.5. The Morgan fingerprint density at radius 1 is 0.344 bits per heavy atom. The van der Waals surface area contributed by atoms with Gasteiger partial charge in [0.05, 0.1) is 31.3 Å². The molecule has 5 heteroatoms. The summed E-state index contributed by atoms with van der Waals surface area (Å²) in [6, 6.07) is -0.654. The molecule has 0 aliphatic heterocycles. The van der Waals surface area contributed by atoms with Crippen LogP contribution in [0.15, 0.2) is 0 Å². The van der Waals surface area contributed by atoms with Crippen molar-refractivity contribution < 1.29 is 20.1 Å². The Kier molecular flexibility index (Phi) is 51.4. The molecule has 0 heterocycles. The summed E-state index contributed by atoms with van der Waals surface area (Å²) in [4.78, 5) is 12.5. The fraction of sp³-hybridized carbons (Fsp3) is 0.982. The lowest BCUT2D eigenvalue weighted by Crippen LogP contribution is -2.46. The molecule has 0 saturated carbocycles.